The number of carbonyl (C=O) groups is 1. The lowest BCUT2D eigenvalue weighted by molar-refractivity contribution is -0.137. The molecule has 0 aliphatic carbocycles. The zero-order chi connectivity index (χ0) is 17.9. The molecule has 7 heteroatoms. The minimum atomic E-state index is -4.38. The van der Waals surface area contributed by atoms with Gasteiger partial charge < -0.3 is 10.4 Å². The second kappa shape index (κ2) is 7.53. The third-order valence-corrected chi connectivity index (χ3v) is 4.66. The van der Waals surface area contributed by atoms with E-state index in [1.807, 2.05) is 4.90 Å². The van der Waals surface area contributed by atoms with E-state index in [1.165, 1.54) is 12.1 Å². The first-order valence-corrected chi connectivity index (χ1v) is 8.08. The van der Waals surface area contributed by atoms with Gasteiger partial charge in [0.2, 0.25) is 5.91 Å². The molecule has 0 aromatic heterocycles. The Bertz CT molecular complexity index is 550. The summed E-state index contributed by atoms with van der Waals surface area (Å²) in [5.41, 5.74) is -0.396. The highest BCUT2D eigenvalue weighted by molar-refractivity contribution is 5.94. The van der Waals surface area contributed by atoms with Crippen molar-refractivity contribution in [3.8, 4) is 0 Å². The Morgan fingerprint density at radius 1 is 1.21 bits per heavy atom. The SMILES string of the molecule is CC(O)C1CCN(C(C)C(=O)Nc2ccc(C(F)(F)F)cc2)CC1. The number of rotatable bonds is 4. The normalized spacial score (nSPS) is 19.8. The van der Waals surface area contributed by atoms with E-state index in [4.69, 9.17) is 0 Å². The van der Waals surface area contributed by atoms with Crippen LogP contribution < -0.4 is 5.32 Å². The highest BCUT2D eigenvalue weighted by Gasteiger charge is 2.31. The van der Waals surface area contributed by atoms with Crippen molar-refractivity contribution in [1.29, 1.82) is 0 Å². The highest BCUT2D eigenvalue weighted by atomic mass is 19.4. The maximum atomic E-state index is 12.5. The van der Waals surface area contributed by atoms with Crippen LogP contribution in [0.5, 0.6) is 0 Å². The number of hydrogen-bond donors (Lipinski definition) is 2. The molecule has 4 nitrogen and oxygen atoms in total. The molecule has 24 heavy (non-hydrogen) atoms. The average molecular weight is 344 g/mol. The van der Waals surface area contributed by atoms with Crippen LogP contribution in [0.2, 0.25) is 0 Å². The lowest BCUT2D eigenvalue weighted by Gasteiger charge is -2.36. The number of likely N-dealkylation sites (tertiary alicyclic amines) is 1. The molecule has 1 heterocycles. The van der Waals surface area contributed by atoms with Gasteiger partial charge in [-0.05, 0) is 70.0 Å². The molecule has 1 saturated heterocycles. The van der Waals surface area contributed by atoms with E-state index in [1.54, 1.807) is 13.8 Å². The highest BCUT2D eigenvalue weighted by Crippen LogP contribution is 2.30. The third kappa shape index (κ3) is 4.70. The summed E-state index contributed by atoms with van der Waals surface area (Å²) in [6.07, 6.45) is -3.07. The van der Waals surface area contributed by atoms with Crippen molar-refractivity contribution in [3.63, 3.8) is 0 Å². The van der Waals surface area contributed by atoms with Crippen LogP contribution in [-0.4, -0.2) is 41.1 Å². The van der Waals surface area contributed by atoms with E-state index in [-0.39, 0.29) is 24.0 Å². The predicted molar refractivity (Wildman–Crippen MR) is 85.5 cm³/mol. The molecule has 0 saturated carbocycles. The molecular formula is C17H23F3N2O2. The van der Waals surface area contributed by atoms with E-state index in [0.717, 1.165) is 38.1 Å². The summed E-state index contributed by atoms with van der Waals surface area (Å²) in [6, 6.07) is 4.05. The summed E-state index contributed by atoms with van der Waals surface area (Å²) in [7, 11) is 0. The van der Waals surface area contributed by atoms with Gasteiger partial charge in [-0.3, -0.25) is 9.69 Å². The summed E-state index contributed by atoms with van der Waals surface area (Å²) in [4.78, 5) is 14.3. The van der Waals surface area contributed by atoms with Crippen LogP contribution in [0, 0.1) is 5.92 Å². The summed E-state index contributed by atoms with van der Waals surface area (Å²) in [6.45, 7) is 5.00. The third-order valence-electron chi connectivity index (χ3n) is 4.66. The molecule has 1 aliphatic heterocycles. The predicted octanol–water partition coefficient (Wildman–Crippen LogP) is 3.13. The molecule has 0 bridgehead atoms. The van der Waals surface area contributed by atoms with E-state index in [0.29, 0.717) is 5.69 Å². The van der Waals surface area contributed by atoms with Gasteiger partial charge in [-0.1, -0.05) is 0 Å². The van der Waals surface area contributed by atoms with Crippen LogP contribution in [0.3, 0.4) is 0 Å². The van der Waals surface area contributed by atoms with Crippen molar-refractivity contribution in [3.05, 3.63) is 29.8 Å². The molecule has 1 aromatic carbocycles. The number of carbonyl (C=O) groups excluding carboxylic acids is 1. The number of hydrogen-bond acceptors (Lipinski definition) is 3. The number of halogens is 3. The number of benzene rings is 1. The van der Waals surface area contributed by atoms with Gasteiger partial charge in [-0.15, -0.1) is 0 Å². The second-order valence-corrected chi connectivity index (χ2v) is 6.35. The van der Waals surface area contributed by atoms with Gasteiger partial charge >= 0.3 is 6.18 Å². The number of nitrogens with one attached hydrogen (secondary N) is 1. The van der Waals surface area contributed by atoms with Crippen LogP contribution in [0.1, 0.15) is 32.3 Å². The van der Waals surface area contributed by atoms with Gasteiger partial charge in [-0.25, -0.2) is 0 Å². The Hall–Kier alpha value is -1.60. The second-order valence-electron chi connectivity index (χ2n) is 6.35. The van der Waals surface area contributed by atoms with E-state index in [9.17, 15) is 23.1 Å². The van der Waals surface area contributed by atoms with Gasteiger partial charge in [0.1, 0.15) is 0 Å². The summed E-state index contributed by atoms with van der Waals surface area (Å²) in [5, 5.41) is 12.3. The van der Waals surface area contributed by atoms with E-state index in [2.05, 4.69) is 5.32 Å². The van der Waals surface area contributed by atoms with Crippen LogP contribution in [0.4, 0.5) is 18.9 Å². The van der Waals surface area contributed by atoms with Crippen molar-refractivity contribution in [2.75, 3.05) is 18.4 Å². The smallest absolute Gasteiger partial charge is 0.393 e. The monoisotopic (exact) mass is 344 g/mol. The molecule has 2 rings (SSSR count). The molecule has 1 fully saturated rings. The first-order chi connectivity index (χ1) is 11.2. The Kier molecular flexibility index (Phi) is 5.87. The maximum Gasteiger partial charge on any atom is 0.416 e. The van der Waals surface area contributed by atoms with Gasteiger partial charge in [0.15, 0.2) is 0 Å². The zero-order valence-electron chi connectivity index (χ0n) is 13.8. The molecule has 1 aliphatic rings. The first kappa shape index (κ1) is 18.7. The van der Waals surface area contributed by atoms with E-state index < -0.39 is 11.7 Å². The standard InChI is InChI=1S/C17H23F3N2O2/c1-11(22-9-7-13(8-10-22)12(2)23)16(24)21-15-5-3-14(4-6-15)17(18,19)20/h3-6,11-13,23H,7-10H2,1-2H3,(H,21,24). The summed E-state index contributed by atoms with van der Waals surface area (Å²) < 4.78 is 37.6. The van der Waals surface area contributed by atoms with Gasteiger partial charge in [0.25, 0.3) is 0 Å². The molecule has 134 valence electrons. The molecule has 2 unspecified atom stereocenters. The van der Waals surface area contributed by atoms with Crippen LogP contribution >= 0.6 is 0 Å². The lowest BCUT2D eigenvalue weighted by atomic mass is 9.91. The fourth-order valence-electron chi connectivity index (χ4n) is 2.94. The van der Waals surface area contributed by atoms with E-state index >= 15 is 0 Å². The molecule has 0 spiro atoms. The Morgan fingerprint density at radius 3 is 2.21 bits per heavy atom. The van der Waals surface area contributed by atoms with Crippen LogP contribution in [0.15, 0.2) is 24.3 Å². The largest absolute Gasteiger partial charge is 0.416 e. The van der Waals surface area contributed by atoms with Crippen molar-refractivity contribution < 1.29 is 23.1 Å². The molecule has 2 atom stereocenters. The fraction of sp³-hybridized carbons (Fsp3) is 0.588. The summed E-state index contributed by atoms with van der Waals surface area (Å²) in [5.74, 6) is 0.0108. The van der Waals surface area contributed by atoms with Crippen LogP contribution in [-0.2, 0) is 11.0 Å². The number of amides is 1. The number of piperidine rings is 1. The zero-order valence-corrected chi connectivity index (χ0v) is 13.8. The van der Waals surface area contributed by atoms with Crippen LogP contribution in [0.25, 0.3) is 0 Å². The van der Waals surface area contributed by atoms with Crippen molar-refractivity contribution in [2.24, 2.45) is 5.92 Å². The lowest BCUT2D eigenvalue weighted by Crippen LogP contribution is -2.47. The average Bonchev–Trinajstić information content (AvgIpc) is 2.54. The number of aliphatic hydroxyl groups excluding tert-OH is 1. The number of anilines is 1. The van der Waals surface area contributed by atoms with Crippen molar-refractivity contribution in [2.45, 2.75) is 45.0 Å². The fourth-order valence-corrected chi connectivity index (χ4v) is 2.94. The Morgan fingerprint density at radius 2 is 1.75 bits per heavy atom. The molecule has 1 aromatic rings. The Labute approximate surface area is 139 Å². The van der Waals surface area contributed by atoms with Gasteiger partial charge in [0.05, 0.1) is 17.7 Å². The maximum absolute atomic E-state index is 12.5. The topological polar surface area (TPSA) is 52.6 Å². The molecular weight excluding hydrogens is 321 g/mol. The minimum absolute atomic E-state index is 0.245. The summed E-state index contributed by atoms with van der Waals surface area (Å²) >= 11 is 0. The van der Waals surface area contributed by atoms with Crippen molar-refractivity contribution >= 4 is 11.6 Å². The Balaban J connectivity index is 1.90. The molecule has 0 radical (unpaired) electrons. The minimum Gasteiger partial charge on any atom is -0.393 e. The number of nitrogens with zero attached hydrogens (tertiary/aromatic N) is 1. The van der Waals surface area contributed by atoms with Crippen molar-refractivity contribution in [1.82, 2.24) is 4.90 Å². The number of aliphatic hydroxyl groups is 1. The number of alkyl halides is 3. The van der Waals surface area contributed by atoms with Gasteiger partial charge in [-0.2, -0.15) is 13.2 Å². The molecule has 1 amide bonds. The first-order valence-electron chi connectivity index (χ1n) is 8.08. The molecule has 2 N–H and O–H groups in total. The quantitative estimate of drug-likeness (QED) is 0.882. The van der Waals surface area contributed by atoms with Gasteiger partial charge in [0, 0.05) is 5.69 Å².